The molecule has 0 aliphatic heterocycles. The largest absolute Gasteiger partial charge is 0.396 e. The third-order valence-electron chi connectivity index (χ3n) is 2.42. The zero-order valence-electron chi connectivity index (χ0n) is 9.52. The zero-order valence-corrected chi connectivity index (χ0v) is 10.3. The van der Waals surface area contributed by atoms with E-state index < -0.39 is 10.0 Å². The Morgan fingerprint density at radius 1 is 1.40 bits per heavy atom. The Morgan fingerprint density at radius 2 is 2.00 bits per heavy atom. The lowest BCUT2D eigenvalue weighted by Crippen LogP contribution is -2.37. The number of hydrogen-bond acceptors (Lipinski definition) is 3. The molecule has 0 unspecified atom stereocenters. The molecule has 0 radical (unpaired) electrons. The average molecular weight is 235 g/mol. The van der Waals surface area contributed by atoms with Crippen molar-refractivity contribution in [3.8, 4) is 0 Å². The highest BCUT2D eigenvalue weighted by Crippen LogP contribution is 2.30. The Labute approximate surface area is 92.3 Å². The highest BCUT2D eigenvalue weighted by Gasteiger charge is 2.36. The second-order valence-corrected chi connectivity index (χ2v) is 6.63. The van der Waals surface area contributed by atoms with Gasteiger partial charge < -0.3 is 5.11 Å². The van der Waals surface area contributed by atoms with Gasteiger partial charge in [0.2, 0.25) is 10.0 Å². The molecule has 0 amide bonds. The maximum atomic E-state index is 11.9. The monoisotopic (exact) mass is 235 g/mol. The lowest BCUT2D eigenvalue weighted by molar-refractivity contribution is 0.292. The van der Waals surface area contributed by atoms with Crippen LogP contribution in [-0.4, -0.2) is 42.8 Å². The zero-order chi connectivity index (χ0) is 11.5. The fourth-order valence-electron chi connectivity index (χ4n) is 1.58. The third kappa shape index (κ3) is 4.09. The van der Waals surface area contributed by atoms with Gasteiger partial charge in [-0.2, -0.15) is 4.31 Å². The van der Waals surface area contributed by atoms with Crippen LogP contribution in [0, 0.1) is 5.92 Å². The molecule has 0 atom stereocenters. The molecule has 0 heterocycles. The normalized spacial score (nSPS) is 17.7. The van der Waals surface area contributed by atoms with Crippen LogP contribution in [0.15, 0.2) is 0 Å². The first kappa shape index (κ1) is 12.9. The van der Waals surface area contributed by atoms with Crippen LogP contribution in [0.1, 0.15) is 33.1 Å². The van der Waals surface area contributed by atoms with E-state index in [1.165, 1.54) is 0 Å². The Morgan fingerprint density at radius 3 is 2.40 bits per heavy atom. The predicted molar refractivity (Wildman–Crippen MR) is 60.1 cm³/mol. The quantitative estimate of drug-likeness (QED) is 0.710. The van der Waals surface area contributed by atoms with Gasteiger partial charge in [0.15, 0.2) is 0 Å². The van der Waals surface area contributed by atoms with Crippen molar-refractivity contribution in [1.82, 2.24) is 4.31 Å². The molecule has 1 rings (SSSR count). The van der Waals surface area contributed by atoms with Crippen molar-refractivity contribution in [1.29, 1.82) is 0 Å². The maximum Gasteiger partial charge on any atom is 0.214 e. The molecule has 1 aliphatic carbocycles. The van der Waals surface area contributed by atoms with E-state index in [1.807, 2.05) is 13.8 Å². The van der Waals surface area contributed by atoms with E-state index in [1.54, 1.807) is 4.31 Å². The number of hydrogen-bond donors (Lipinski definition) is 1. The molecule has 0 saturated heterocycles. The van der Waals surface area contributed by atoms with Crippen LogP contribution in [0.5, 0.6) is 0 Å². The number of nitrogens with zero attached hydrogens (tertiary/aromatic N) is 1. The smallest absolute Gasteiger partial charge is 0.214 e. The van der Waals surface area contributed by atoms with Crippen LogP contribution in [0.3, 0.4) is 0 Å². The Bertz CT molecular complexity index is 283. The van der Waals surface area contributed by atoms with Gasteiger partial charge >= 0.3 is 0 Å². The summed E-state index contributed by atoms with van der Waals surface area (Å²) in [4.78, 5) is 0. The van der Waals surface area contributed by atoms with E-state index in [4.69, 9.17) is 5.11 Å². The van der Waals surface area contributed by atoms with Crippen molar-refractivity contribution in [3.05, 3.63) is 0 Å². The minimum Gasteiger partial charge on any atom is -0.396 e. The average Bonchev–Trinajstić information content (AvgIpc) is 2.94. The molecular formula is C10H21NO3S. The van der Waals surface area contributed by atoms with Crippen molar-refractivity contribution >= 4 is 10.0 Å². The lowest BCUT2D eigenvalue weighted by Gasteiger charge is -2.23. The van der Waals surface area contributed by atoms with Gasteiger partial charge in [-0.3, -0.25) is 0 Å². The molecule has 15 heavy (non-hydrogen) atoms. The third-order valence-corrected chi connectivity index (χ3v) is 4.38. The molecule has 5 heteroatoms. The van der Waals surface area contributed by atoms with Gasteiger partial charge in [-0.05, 0) is 25.2 Å². The highest BCUT2D eigenvalue weighted by molar-refractivity contribution is 7.89. The maximum absolute atomic E-state index is 11.9. The van der Waals surface area contributed by atoms with Gasteiger partial charge in [-0.1, -0.05) is 13.8 Å². The van der Waals surface area contributed by atoms with Gasteiger partial charge in [0.25, 0.3) is 0 Å². The standard InChI is InChI=1S/C10H21NO3S/c1-9(2)8-11(10-4-5-10)15(13,14)7-3-6-12/h9-10,12H,3-8H2,1-2H3. The summed E-state index contributed by atoms with van der Waals surface area (Å²) in [6, 6.07) is 0.232. The molecule has 90 valence electrons. The predicted octanol–water partition coefficient (Wildman–Crippen LogP) is 0.819. The molecule has 1 saturated carbocycles. The molecule has 4 nitrogen and oxygen atoms in total. The van der Waals surface area contributed by atoms with Crippen LogP contribution < -0.4 is 0 Å². The topological polar surface area (TPSA) is 57.6 Å². The summed E-state index contributed by atoms with van der Waals surface area (Å²) in [6.45, 7) is 4.60. The second-order valence-electron chi connectivity index (χ2n) is 4.59. The molecule has 1 N–H and O–H groups in total. The summed E-state index contributed by atoms with van der Waals surface area (Å²) in [5.41, 5.74) is 0. The first-order valence-electron chi connectivity index (χ1n) is 5.57. The Balaban J connectivity index is 2.61. The minimum atomic E-state index is -3.14. The van der Waals surface area contributed by atoms with E-state index in [2.05, 4.69) is 0 Å². The number of rotatable bonds is 7. The van der Waals surface area contributed by atoms with Crippen LogP contribution >= 0.6 is 0 Å². The van der Waals surface area contributed by atoms with Crippen LogP contribution in [0.25, 0.3) is 0 Å². The number of aliphatic hydroxyl groups excluding tert-OH is 1. The fraction of sp³-hybridized carbons (Fsp3) is 1.00. The summed E-state index contributed by atoms with van der Waals surface area (Å²) in [6.07, 6.45) is 2.32. The summed E-state index contributed by atoms with van der Waals surface area (Å²) >= 11 is 0. The Hall–Kier alpha value is -0.130. The first-order valence-corrected chi connectivity index (χ1v) is 7.18. The van der Waals surface area contributed by atoms with Crippen molar-refractivity contribution in [2.24, 2.45) is 5.92 Å². The number of sulfonamides is 1. The first-order chi connectivity index (χ1) is 6.97. The van der Waals surface area contributed by atoms with E-state index >= 15 is 0 Å². The highest BCUT2D eigenvalue weighted by atomic mass is 32.2. The van der Waals surface area contributed by atoms with Gasteiger partial charge in [-0.15, -0.1) is 0 Å². The lowest BCUT2D eigenvalue weighted by atomic mass is 10.2. The van der Waals surface area contributed by atoms with E-state index in [0.29, 0.717) is 18.9 Å². The molecule has 0 aromatic carbocycles. The van der Waals surface area contributed by atoms with E-state index in [-0.39, 0.29) is 18.4 Å². The minimum absolute atomic E-state index is 0.0561. The summed E-state index contributed by atoms with van der Waals surface area (Å²) in [5, 5.41) is 8.66. The molecule has 0 bridgehead atoms. The summed E-state index contributed by atoms with van der Waals surface area (Å²) in [5.74, 6) is 0.432. The molecule has 0 aromatic rings. The fourth-order valence-corrected chi connectivity index (χ4v) is 3.50. The molecule has 0 aromatic heterocycles. The SMILES string of the molecule is CC(C)CN(C1CC1)S(=O)(=O)CCCO. The van der Waals surface area contributed by atoms with Gasteiger partial charge in [0.1, 0.15) is 0 Å². The molecular weight excluding hydrogens is 214 g/mol. The van der Waals surface area contributed by atoms with Gasteiger partial charge in [-0.25, -0.2) is 8.42 Å². The van der Waals surface area contributed by atoms with Crippen molar-refractivity contribution < 1.29 is 13.5 Å². The number of aliphatic hydroxyl groups is 1. The van der Waals surface area contributed by atoms with Gasteiger partial charge in [0, 0.05) is 19.2 Å². The van der Waals surface area contributed by atoms with Gasteiger partial charge in [0.05, 0.1) is 5.75 Å². The molecule has 1 aliphatic rings. The van der Waals surface area contributed by atoms with Crippen LogP contribution in [0.2, 0.25) is 0 Å². The van der Waals surface area contributed by atoms with Crippen LogP contribution in [0.4, 0.5) is 0 Å². The van der Waals surface area contributed by atoms with Crippen molar-refractivity contribution in [2.45, 2.75) is 39.2 Å². The summed E-state index contributed by atoms with van der Waals surface area (Å²) in [7, 11) is -3.14. The Kier molecular flexibility index (Phi) is 4.55. The van der Waals surface area contributed by atoms with E-state index in [0.717, 1.165) is 12.8 Å². The van der Waals surface area contributed by atoms with Crippen LogP contribution in [-0.2, 0) is 10.0 Å². The van der Waals surface area contributed by atoms with Crippen molar-refractivity contribution in [3.63, 3.8) is 0 Å². The van der Waals surface area contributed by atoms with Crippen molar-refractivity contribution in [2.75, 3.05) is 18.9 Å². The molecule has 1 fully saturated rings. The summed E-state index contributed by atoms with van der Waals surface area (Å²) < 4.78 is 25.5. The van der Waals surface area contributed by atoms with E-state index in [9.17, 15) is 8.42 Å². The molecule has 0 spiro atoms. The second kappa shape index (κ2) is 5.27.